The van der Waals surface area contributed by atoms with Crippen molar-refractivity contribution in [2.24, 2.45) is 17.3 Å². The van der Waals surface area contributed by atoms with Gasteiger partial charge in [-0.2, -0.15) is 0 Å². The van der Waals surface area contributed by atoms with Crippen molar-refractivity contribution in [1.29, 1.82) is 0 Å². The lowest BCUT2D eigenvalue weighted by atomic mass is 9.70. The molecule has 2 nitrogen and oxygen atoms in total. The molecule has 0 atom stereocenters. The molecule has 1 fully saturated rings. The van der Waals surface area contributed by atoms with E-state index in [4.69, 9.17) is 5.11 Å². The van der Waals surface area contributed by atoms with Crippen LogP contribution in [0.1, 0.15) is 52.0 Å². The second-order valence-corrected chi connectivity index (χ2v) is 7.32. The Morgan fingerprint density at radius 3 is 2.45 bits per heavy atom. The van der Waals surface area contributed by atoms with Crippen molar-refractivity contribution in [3.63, 3.8) is 0 Å². The maximum absolute atomic E-state index is 9.16. The fraction of sp³-hybridized carbons (Fsp3) is 0.667. The van der Waals surface area contributed by atoms with E-state index in [-0.39, 0.29) is 6.61 Å². The minimum absolute atomic E-state index is 0.117. The zero-order valence-electron chi connectivity index (χ0n) is 13.2. The number of hydrogen-bond acceptors (Lipinski definition) is 2. The Morgan fingerprint density at radius 1 is 1.15 bits per heavy atom. The van der Waals surface area contributed by atoms with Gasteiger partial charge in [0.1, 0.15) is 0 Å². The van der Waals surface area contributed by atoms with Crippen LogP contribution in [0.15, 0.2) is 24.3 Å². The minimum Gasteiger partial charge on any atom is -0.392 e. The highest BCUT2D eigenvalue weighted by Gasteiger charge is 2.29. The summed E-state index contributed by atoms with van der Waals surface area (Å²) < 4.78 is 0. The normalized spacial score (nSPS) is 23.6. The van der Waals surface area contributed by atoms with E-state index in [2.05, 4.69) is 32.2 Å². The summed E-state index contributed by atoms with van der Waals surface area (Å²) in [6.45, 7) is 8.29. The van der Waals surface area contributed by atoms with Crippen LogP contribution in [-0.4, -0.2) is 11.7 Å². The van der Waals surface area contributed by atoms with Crippen LogP contribution in [0.3, 0.4) is 0 Å². The molecule has 1 aromatic rings. The molecule has 0 spiro atoms. The molecule has 1 aliphatic rings. The summed E-state index contributed by atoms with van der Waals surface area (Å²) in [6.07, 6.45) is 5.42. The van der Waals surface area contributed by atoms with Gasteiger partial charge in [0.25, 0.3) is 0 Å². The first kappa shape index (κ1) is 15.4. The molecule has 0 amide bonds. The Kier molecular flexibility index (Phi) is 5.09. The molecule has 1 saturated carbocycles. The third kappa shape index (κ3) is 4.24. The molecular formula is C18H29NO. The molecule has 2 rings (SSSR count). The molecule has 0 aromatic heterocycles. The zero-order valence-corrected chi connectivity index (χ0v) is 13.2. The number of benzene rings is 1. The average molecular weight is 275 g/mol. The molecule has 0 saturated heterocycles. The van der Waals surface area contributed by atoms with Crippen LogP contribution in [0.4, 0.5) is 5.69 Å². The fourth-order valence-corrected chi connectivity index (χ4v) is 3.27. The van der Waals surface area contributed by atoms with E-state index in [9.17, 15) is 0 Å². The summed E-state index contributed by atoms with van der Waals surface area (Å²) in [4.78, 5) is 0. The molecule has 0 bridgehead atoms. The number of aliphatic hydroxyl groups is 1. The van der Waals surface area contributed by atoms with Crippen LogP contribution in [0.5, 0.6) is 0 Å². The second-order valence-electron chi connectivity index (χ2n) is 7.32. The van der Waals surface area contributed by atoms with Gasteiger partial charge in [-0.15, -0.1) is 0 Å². The summed E-state index contributed by atoms with van der Waals surface area (Å²) in [5, 5.41) is 12.7. The van der Waals surface area contributed by atoms with Gasteiger partial charge < -0.3 is 10.4 Å². The first-order valence-electron chi connectivity index (χ1n) is 7.92. The molecule has 0 heterocycles. The Hall–Kier alpha value is -1.02. The molecule has 1 aromatic carbocycles. The summed E-state index contributed by atoms with van der Waals surface area (Å²) in [5.74, 6) is 1.68. The molecule has 0 unspecified atom stereocenters. The van der Waals surface area contributed by atoms with Crippen LogP contribution >= 0.6 is 0 Å². The first-order chi connectivity index (χ1) is 9.49. The zero-order chi connectivity index (χ0) is 14.6. The smallest absolute Gasteiger partial charge is 0.0682 e. The van der Waals surface area contributed by atoms with Crippen LogP contribution in [0.2, 0.25) is 0 Å². The Bertz CT molecular complexity index is 414. The Balaban J connectivity index is 1.78. The summed E-state index contributed by atoms with van der Waals surface area (Å²) in [5.41, 5.74) is 2.58. The molecule has 20 heavy (non-hydrogen) atoms. The van der Waals surface area contributed by atoms with Crippen LogP contribution in [-0.2, 0) is 6.61 Å². The Labute approximate surface area is 123 Å². The molecular weight excluding hydrogens is 246 g/mol. The van der Waals surface area contributed by atoms with Gasteiger partial charge in [-0.05, 0) is 60.6 Å². The maximum Gasteiger partial charge on any atom is 0.0682 e. The highest BCUT2D eigenvalue weighted by molar-refractivity contribution is 5.45. The van der Waals surface area contributed by atoms with E-state index < -0.39 is 0 Å². The van der Waals surface area contributed by atoms with Gasteiger partial charge in [-0.25, -0.2) is 0 Å². The van der Waals surface area contributed by atoms with E-state index in [0.29, 0.717) is 5.41 Å². The third-order valence-corrected chi connectivity index (χ3v) is 4.78. The first-order valence-corrected chi connectivity index (χ1v) is 7.92. The molecule has 112 valence electrons. The molecule has 0 radical (unpaired) electrons. The quantitative estimate of drug-likeness (QED) is 0.851. The largest absolute Gasteiger partial charge is 0.392 e. The predicted octanol–water partition coefficient (Wildman–Crippen LogP) is 4.44. The van der Waals surface area contributed by atoms with Crippen molar-refractivity contribution in [2.45, 2.75) is 53.1 Å². The molecule has 0 aliphatic heterocycles. The van der Waals surface area contributed by atoms with E-state index in [1.54, 1.807) is 0 Å². The average Bonchev–Trinajstić information content (AvgIpc) is 2.45. The predicted molar refractivity (Wildman–Crippen MR) is 85.8 cm³/mol. The molecule has 2 N–H and O–H groups in total. The monoisotopic (exact) mass is 275 g/mol. The fourth-order valence-electron chi connectivity index (χ4n) is 3.27. The van der Waals surface area contributed by atoms with Gasteiger partial charge in [0, 0.05) is 12.2 Å². The lowest BCUT2D eigenvalue weighted by Gasteiger charge is -2.37. The van der Waals surface area contributed by atoms with E-state index >= 15 is 0 Å². The van der Waals surface area contributed by atoms with Gasteiger partial charge in [0.2, 0.25) is 0 Å². The summed E-state index contributed by atoms with van der Waals surface area (Å²) >= 11 is 0. The second kappa shape index (κ2) is 6.62. The SMILES string of the molecule is CC(C)(C)C1CCC(CNc2cccc(CO)c2)CC1. The molecule has 2 heteroatoms. The van der Waals surface area contributed by atoms with Gasteiger partial charge in [-0.1, -0.05) is 32.9 Å². The van der Waals surface area contributed by atoms with Crippen molar-refractivity contribution >= 4 is 5.69 Å². The topological polar surface area (TPSA) is 32.3 Å². The number of nitrogens with one attached hydrogen (secondary N) is 1. The van der Waals surface area contributed by atoms with Crippen LogP contribution in [0, 0.1) is 17.3 Å². The van der Waals surface area contributed by atoms with Gasteiger partial charge in [-0.3, -0.25) is 0 Å². The van der Waals surface area contributed by atoms with Gasteiger partial charge >= 0.3 is 0 Å². The molecule has 1 aliphatic carbocycles. The third-order valence-electron chi connectivity index (χ3n) is 4.78. The number of anilines is 1. The van der Waals surface area contributed by atoms with Crippen molar-refractivity contribution in [1.82, 2.24) is 0 Å². The summed E-state index contributed by atoms with van der Waals surface area (Å²) in [6, 6.07) is 8.09. The number of hydrogen-bond donors (Lipinski definition) is 2. The van der Waals surface area contributed by atoms with Crippen LogP contribution < -0.4 is 5.32 Å². The number of rotatable bonds is 4. The van der Waals surface area contributed by atoms with Crippen molar-refractivity contribution < 1.29 is 5.11 Å². The number of aliphatic hydroxyl groups excluding tert-OH is 1. The lowest BCUT2D eigenvalue weighted by molar-refractivity contribution is 0.153. The van der Waals surface area contributed by atoms with Crippen molar-refractivity contribution in [3.05, 3.63) is 29.8 Å². The standard InChI is InChI=1S/C18H29NO/c1-18(2,3)16-9-7-14(8-10-16)12-19-17-6-4-5-15(11-17)13-20/h4-6,11,14,16,19-20H,7-10,12-13H2,1-3H3. The maximum atomic E-state index is 9.16. The van der Waals surface area contributed by atoms with E-state index in [0.717, 1.165) is 29.6 Å². The highest BCUT2D eigenvalue weighted by atomic mass is 16.3. The highest BCUT2D eigenvalue weighted by Crippen LogP contribution is 2.39. The van der Waals surface area contributed by atoms with Gasteiger partial charge in [0.05, 0.1) is 6.61 Å². The van der Waals surface area contributed by atoms with Crippen LogP contribution in [0.25, 0.3) is 0 Å². The van der Waals surface area contributed by atoms with Crippen molar-refractivity contribution in [2.75, 3.05) is 11.9 Å². The van der Waals surface area contributed by atoms with Crippen molar-refractivity contribution in [3.8, 4) is 0 Å². The van der Waals surface area contributed by atoms with E-state index in [1.165, 1.54) is 25.7 Å². The minimum atomic E-state index is 0.117. The van der Waals surface area contributed by atoms with Gasteiger partial charge in [0.15, 0.2) is 0 Å². The van der Waals surface area contributed by atoms with E-state index in [1.807, 2.05) is 18.2 Å². The summed E-state index contributed by atoms with van der Waals surface area (Å²) in [7, 11) is 0. The Morgan fingerprint density at radius 2 is 1.85 bits per heavy atom. The lowest BCUT2D eigenvalue weighted by Crippen LogP contribution is -2.28.